The molecule has 0 saturated carbocycles. The van der Waals surface area contributed by atoms with Gasteiger partial charge in [-0.25, -0.2) is 0 Å². The predicted molar refractivity (Wildman–Crippen MR) is 301 cm³/mol. The number of rotatable bonds is 10. The van der Waals surface area contributed by atoms with Gasteiger partial charge < -0.3 is 18.6 Å². The van der Waals surface area contributed by atoms with Crippen LogP contribution < -0.4 is 9.80 Å². The Bertz CT molecular complexity index is 3720. The van der Waals surface area contributed by atoms with E-state index >= 15 is 0 Å². The molecule has 4 heteroatoms. The molecule has 0 amide bonds. The van der Waals surface area contributed by atoms with Gasteiger partial charge in [-0.3, -0.25) is 0 Å². The summed E-state index contributed by atoms with van der Waals surface area (Å²) in [6.07, 6.45) is 0. The van der Waals surface area contributed by atoms with Crippen LogP contribution in [0.2, 0.25) is 0 Å². The SMILES string of the molecule is CC(C)c1ccc(N(c2ccc(C(C)C)cc2)c2ccc3c4cc5c(cc4n4c6ccccc6c2c34)c2ccc(N(c3ccc(C(C)C)cc3)c3ccc(C(C)C)cc3)c3c4ccccc4n5c23)cc1. The van der Waals surface area contributed by atoms with Crippen LogP contribution in [0.3, 0.4) is 0 Å². The Balaban J connectivity index is 1.07. The van der Waals surface area contributed by atoms with Crippen LogP contribution in [-0.2, 0) is 0 Å². The first-order valence-corrected chi connectivity index (χ1v) is 25.4. The van der Waals surface area contributed by atoms with Crippen LogP contribution in [0.4, 0.5) is 34.1 Å². The highest BCUT2D eigenvalue weighted by Gasteiger charge is 2.28. The summed E-state index contributed by atoms with van der Waals surface area (Å²) >= 11 is 0. The number of anilines is 6. The van der Waals surface area contributed by atoms with E-state index in [9.17, 15) is 0 Å². The average Bonchev–Trinajstić information content (AvgIpc) is 4.11. The van der Waals surface area contributed by atoms with Crippen LogP contribution in [0, 0.1) is 0 Å². The Morgan fingerprint density at radius 1 is 0.286 bits per heavy atom. The average molecular weight is 907 g/mol. The van der Waals surface area contributed by atoms with E-state index in [-0.39, 0.29) is 0 Å². The van der Waals surface area contributed by atoms with Gasteiger partial charge in [-0.2, -0.15) is 0 Å². The molecule has 13 aromatic rings. The third-order valence-corrected chi connectivity index (χ3v) is 15.5. The van der Waals surface area contributed by atoms with Crippen LogP contribution in [-0.4, -0.2) is 8.80 Å². The molecular weight excluding hydrogens is 849 g/mol. The van der Waals surface area contributed by atoms with E-state index in [1.165, 1.54) is 110 Å². The Morgan fingerprint density at radius 3 is 0.886 bits per heavy atom. The first-order valence-electron chi connectivity index (χ1n) is 25.4. The van der Waals surface area contributed by atoms with Crippen molar-refractivity contribution in [1.82, 2.24) is 8.80 Å². The van der Waals surface area contributed by atoms with Crippen molar-refractivity contribution in [3.63, 3.8) is 0 Å². The molecule has 0 fully saturated rings. The van der Waals surface area contributed by atoms with Gasteiger partial charge in [0, 0.05) is 65.8 Å². The molecule has 4 nitrogen and oxygen atoms in total. The van der Waals surface area contributed by atoms with E-state index in [1.807, 2.05) is 0 Å². The summed E-state index contributed by atoms with van der Waals surface area (Å²) in [5, 5.41) is 10.1. The third kappa shape index (κ3) is 6.21. The van der Waals surface area contributed by atoms with Gasteiger partial charge in [0.1, 0.15) is 0 Å². The smallest absolute Gasteiger partial charge is 0.0641 e. The first kappa shape index (κ1) is 42.3. The van der Waals surface area contributed by atoms with Gasteiger partial charge in [0.05, 0.1) is 44.5 Å². The highest BCUT2D eigenvalue weighted by Crippen LogP contribution is 2.51. The second-order valence-electron chi connectivity index (χ2n) is 21.0. The maximum atomic E-state index is 2.56. The Hall–Kier alpha value is -7.82. The monoisotopic (exact) mass is 906 g/mol. The summed E-state index contributed by atoms with van der Waals surface area (Å²) in [6, 6.07) is 69.4. The molecule has 70 heavy (non-hydrogen) atoms. The van der Waals surface area contributed by atoms with E-state index in [2.05, 4.69) is 256 Å². The van der Waals surface area contributed by atoms with Gasteiger partial charge in [0.15, 0.2) is 0 Å². The fourth-order valence-corrected chi connectivity index (χ4v) is 11.7. The molecule has 0 aliphatic carbocycles. The maximum absolute atomic E-state index is 2.56. The zero-order valence-corrected chi connectivity index (χ0v) is 41.4. The topological polar surface area (TPSA) is 15.3 Å². The molecule has 0 spiro atoms. The number of aromatic nitrogens is 2. The molecular formula is C66H58N4. The molecule has 0 aliphatic rings. The lowest BCUT2D eigenvalue weighted by molar-refractivity contribution is 0.866. The van der Waals surface area contributed by atoms with Crippen LogP contribution in [0.1, 0.15) is 101 Å². The highest BCUT2D eigenvalue weighted by atomic mass is 15.2. The largest absolute Gasteiger partial charge is 0.310 e. The second kappa shape index (κ2) is 15.9. The second-order valence-corrected chi connectivity index (χ2v) is 21.0. The summed E-state index contributed by atoms with van der Waals surface area (Å²) in [4.78, 5) is 4.95. The van der Waals surface area contributed by atoms with E-state index in [1.54, 1.807) is 0 Å². The molecule has 342 valence electrons. The minimum atomic E-state index is 0.454. The van der Waals surface area contributed by atoms with Crippen molar-refractivity contribution in [2.75, 3.05) is 9.80 Å². The van der Waals surface area contributed by atoms with Crippen LogP contribution >= 0.6 is 0 Å². The fourth-order valence-electron chi connectivity index (χ4n) is 11.7. The molecule has 9 aromatic carbocycles. The summed E-state index contributed by atoms with van der Waals surface area (Å²) < 4.78 is 5.11. The number of para-hydroxylation sites is 2. The molecule has 0 unspecified atom stereocenters. The third-order valence-electron chi connectivity index (χ3n) is 15.5. The minimum absolute atomic E-state index is 0.454. The summed E-state index contributed by atoms with van der Waals surface area (Å²) in [5.74, 6) is 1.82. The van der Waals surface area contributed by atoms with E-state index in [0.717, 1.165) is 22.7 Å². The maximum Gasteiger partial charge on any atom is 0.0641 e. The van der Waals surface area contributed by atoms with Gasteiger partial charge in [0.25, 0.3) is 0 Å². The van der Waals surface area contributed by atoms with Crippen molar-refractivity contribution in [2.45, 2.75) is 79.1 Å². The van der Waals surface area contributed by atoms with E-state index in [0.29, 0.717) is 23.7 Å². The molecule has 0 N–H and O–H groups in total. The van der Waals surface area contributed by atoms with Gasteiger partial charge in [-0.1, -0.05) is 152 Å². The predicted octanol–water partition coefficient (Wildman–Crippen LogP) is 19.4. The van der Waals surface area contributed by atoms with Gasteiger partial charge in [0.2, 0.25) is 0 Å². The molecule has 4 heterocycles. The van der Waals surface area contributed by atoms with Crippen molar-refractivity contribution in [1.29, 1.82) is 0 Å². The van der Waals surface area contributed by atoms with E-state index in [4.69, 9.17) is 0 Å². The Kier molecular flexibility index (Phi) is 9.59. The molecule has 0 saturated heterocycles. The lowest BCUT2D eigenvalue weighted by Gasteiger charge is -2.27. The van der Waals surface area contributed by atoms with Crippen molar-refractivity contribution in [3.05, 3.63) is 204 Å². The van der Waals surface area contributed by atoms with Crippen molar-refractivity contribution >= 4 is 110 Å². The number of hydrogen-bond acceptors (Lipinski definition) is 2. The van der Waals surface area contributed by atoms with Crippen LogP contribution in [0.15, 0.2) is 182 Å². The normalized spacial score (nSPS) is 12.5. The number of fused-ring (bicyclic) bond motifs is 12. The molecule has 0 atom stereocenters. The number of nitrogens with zero attached hydrogens (tertiary/aromatic N) is 4. The van der Waals surface area contributed by atoms with Gasteiger partial charge >= 0.3 is 0 Å². The minimum Gasteiger partial charge on any atom is -0.310 e. The molecule has 0 bridgehead atoms. The highest BCUT2D eigenvalue weighted by molar-refractivity contribution is 6.32. The van der Waals surface area contributed by atoms with Crippen LogP contribution in [0.25, 0.3) is 76.2 Å². The molecule has 13 rings (SSSR count). The van der Waals surface area contributed by atoms with Crippen molar-refractivity contribution in [3.8, 4) is 0 Å². The lowest BCUT2D eigenvalue weighted by atomic mass is 10.00. The fraction of sp³-hybridized carbons (Fsp3) is 0.182. The Labute approximate surface area is 410 Å². The number of hydrogen-bond donors (Lipinski definition) is 0. The number of benzene rings is 9. The molecule has 4 aromatic heterocycles. The Morgan fingerprint density at radius 2 is 0.586 bits per heavy atom. The molecule has 0 aliphatic heterocycles. The lowest BCUT2D eigenvalue weighted by Crippen LogP contribution is -2.10. The summed E-state index contributed by atoms with van der Waals surface area (Å²) in [7, 11) is 0. The zero-order valence-electron chi connectivity index (χ0n) is 41.4. The summed E-state index contributed by atoms with van der Waals surface area (Å²) in [5.41, 5.74) is 19.8. The van der Waals surface area contributed by atoms with E-state index < -0.39 is 0 Å². The van der Waals surface area contributed by atoms with Crippen molar-refractivity contribution in [2.24, 2.45) is 0 Å². The first-order chi connectivity index (χ1) is 34.0. The van der Waals surface area contributed by atoms with Crippen molar-refractivity contribution < 1.29 is 0 Å². The zero-order chi connectivity index (χ0) is 47.7. The summed E-state index contributed by atoms with van der Waals surface area (Å²) in [6.45, 7) is 18.1. The quantitative estimate of drug-likeness (QED) is 0.136. The standard InChI is InChI=1S/C66H58N4/c1-39(2)43-17-25-47(26-18-43)67(48-27-19-44(20-28-48)40(3)4)59-35-33-51-55-37-62-56(38-61(55)69-57-15-11-9-13-53(57)63(59)65(51)69)52-34-36-60(64-54-14-10-12-16-58(54)70(62)66(52)64)68(49-29-21-45(22-30-49)41(5)6)50-31-23-46(24-32-50)42(7)8/h9-42H,1-8H3. The molecule has 0 radical (unpaired) electrons. The van der Waals surface area contributed by atoms with Crippen LogP contribution in [0.5, 0.6) is 0 Å². The van der Waals surface area contributed by atoms with Gasteiger partial charge in [-0.15, -0.1) is 0 Å². The van der Waals surface area contributed by atoms with Gasteiger partial charge in [-0.05, 0) is 131 Å².